The maximum Gasteiger partial charge on any atom is 0.233 e. The van der Waals surface area contributed by atoms with E-state index in [4.69, 9.17) is 8.94 Å². The molecule has 1 saturated carbocycles. The van der Waals surface area contributed by atoms with Crippen LogP contribution in [0.5, 0.6) is 0 Å². The van der Waals surface area contributed by atoms with Gasteiger partial charge in [-0.2, -0.15) is 4.98 Å². The smallest absolute Gasteiger partial charge is 0.233 e. The number of likely N-dealkylation sites (N-methyl/N-ethyl adjacent to an activating group) is 1. The summed E-state index contributed by atoms with van der Waals surface area (Å²) in [4.78, 5) is 9.31. The quantitative estimate of drug-likeness (QED) is 0.788. The molecule has 25 heavy (non-hydrogen) atoms. The van der Waals surface area contributed by atoms with Crippen LogP contribution in [0.15, 0.2) is 8.94 Å². The average molecular weight is 346 g/mol. The number of aromatic nitrogens is 4. The molecule has 1 aliphatic heterocycles. The van der Waals surface area contributed by atoms with E-state index in [0.717, 1.165) is 37.8 Å². The van der Waals surface area contributed by atoms with E-state index in [2.05, 4.69) is 44.1 Å². The van der Waals surface area contributed by atoms with E-state index in [0.29, 0.717) is 23.7 Å². The Morgan fingerprint density at radius 1 is 1.28 bits per heavy atom. The van der Waals surface area contributed by atoms with E-state index >= 15 is 0 Å². The molecule has 2 aromatic heterocycles. The zero-order valence-corrected chi connectivity index (χ0v) is 15.2. The minimum Gasteiger partial charge on any atom is -0.424 e. The molecule has 2 atom stereocenters. The van der Waals surface area contributed by atoms with Crippen LogP contribution >= 0.6 is 0 Å². The molecule has 0 amide bonds. The van der Waals surface area contributed by atoms with Crippen molar-refractivity contribution in [2.75, 3.05) is 20.1 Å². The SMILES string of the molecule is Cc1nnc(C(C)N(C)C2CCCN(Cc3noc(C4CC4)n3)C2)o1. The number of nitrogens with zero attached hydrogens (tertiary/aromatic N) is 6. The Bertz CT molecular complexity index is 710. The van der Waals surface area contributed by atoms with E-state index in [1.165, 1.54) is 19.3 Å². The molecule has 0 spiro atoms. The van der Waals surface area contributed by atoms with Crippen molar-refractivity contribution in [3.8, 4) is 0 Å². The molecule has 4 rings (SSSR count). The monoisotopic (exact) mass is 346 g/mol. The molecule has 8 heteroatoms. The lowest BCUT2D eigenvalue weighted by molar-refractivity contribution is 0.0764. The van der Waals surface area contributed by atoms with Gasteiger partial charge in [-0.25, -0.2) is 0 Å². The summed E-state index contributed by atoms with van der Waals surface area (Å²) in [6.07, 6.45) is 4.71. The van der Waals surface area contributed by atoms with Gasteiger partial charge in [-0.05, 0) is 46.2 Å². The summed E-state index contributed by atoms with van der Waals surface area (Å²) in [7, 11) is 2.14. The van der Waals surface area contributed by atoms with E-state index in [1.807, 2.05) is 6.92 Å². The van der Waals surface area contributed by atoms with Crippen LogP contribution < -0.4 is 0 Å². The third-order valence-electron chi connectivity index (χ3n) is 5.34. The Morgan fingerprint density at radius 2 is 2.12 bits per heavy atom. The Balaban J connectivity index is 1.36. The first-order valence-corrected chi connectivity index (χ1v) is 9.17. The first-order chi connectivity index (χ1) is 12.1. The molecule has 136 valence electrons. The standard InChI is InChI=1S/C17H26N6O2/c1-11(16-20-19-12(2)24-16)22(3)14-5-4-8-23(9-14)10-15-18-17(25-21-15)13-6-7-13/h11,13-14H,4-10H2,1-3H3. The second-order valence-electron chi connectivity index (χ2n) is 7.36. The molecule has 1 aliphatic carbocycles. The fraction of sp³-hybridized carbons (Fsp3) is 0.765. The fourth-order valence-electron chi connectivity index (χ4n) is 3.51. The number of piperidine rings is 1. The molecule has 3 heterocycles. The van der Waals surface area contributed by atoms with Crippen LogP contribution in [0.4, 0.5) is 0 Å². The van der Waals surface area contributed by atoms with E-state index < -0.39 is 0 Å². The fourth-order valence-corrected chi connectivity index (χ4v) is 3.51. The molecular weight excluding hydrogens is 320 g/mol. The number of likely N-dealkylation sites (tertiary alicyclic amines) is 1. The predicted octanol–water partition coefficient (Wildman–Crippen LogP) is 2.30. The second kappa shape index (κ2) is 6.84. The molecular formula is C17H26N6O2. The summed E-state index contributed by atoms with van der Waals surface area (Å²) in [5, 5.41) is 12.3. The van der Waals surface area contributed by atoms with Crippen LogP contribution in [0.1, 0.15) is 68.1 Å². The maximum absolute atomic E-state index is 5.60. The minimum absolute atomic E-state index is 0.109. The van der Waals surface area contributed by atoms with Gasteiger partial charge in [-0.3, -0.25) is 9.80 Å². The second-order valence-corrected chi connectivity index (χ2v) is 7.36. The lowest BCUT2D eigenvalue weighted by atomic mass is 10.0. The van der Waals surface area contributed by atoms with Gasteiger partial charge in [0, 0.05) is 25.4 Å². The lowest BCUT2D eigenvalue weighted by Gasteiger charge is -2.38. The Morgan fingerprint density at radius 3 is 2.84 bits per heavy atom. The van der Waals surface area contributed by atoms with Crippen molar-refractivity contribution in [2.45, 2.75) is 64.1 Å². The molecule has 2 aromatic rings. The molecule has 2 fully saturated rings. The highest BCUT2D eigenvalue weighted by molar-refractivity contribution is 5.02. The van der Waals surface area contributed by atoms with Gasteiger partial charge >= 0.3 is 0 Å². The normalized spacial score (nSPS) is 23.3. The number of hydrogen-bond acceptors (Lipinski definition) is 8. The molecule has 1 saturated heterocycles. The minimum atomic E-state index is 0.109. The van der Waals surface area contributed by atoms with Crippen LogP contribution in [0.25, 0.3) is 0 Å². The first kappa shape index (κ1) is 16.7. The molecule has 0 bridgehead atoms. The molecule has 0 radical (unpaired) electrons. The molecule has 0 N–H and O–H groups in total. The highest BCUT2D eigenvalue weighted by atomic mass is 16.5. The Hall–Kier alpha value is -1.80. The summed E-state index contributed by atoms with van der Waals surface area (Å²) in [5.74, 6) is 3.44. The van der Waals surface area contributed by atoms with Crippen LogP contribution in [0, 0.1) is 6.92 Å². The largest absolute Gasteiger partial charge is 0.424 e. The van der Waals surface area contributed by atoms with Crippen LogP contribution in [0.3, 0.4) is 0 Å². The van der Waals surface area contributed by atoms with Crippen LogP contribution in [-0.4, -0.2) is 56.3 Å². The van der Waals surface area contributed by atoms with Gasteiger partial charge in [-0.15, -0.1) is 10.2 Å². The number of aryl methyl sites for hydroxylation is 1. The molecule has 0 aromatic carbocycles. The number of hydrogen-bond donors (Lipinski definition) is 0. The zero-order chi connectivity index (χ0) is 17.4. The van der Waals surface area contributed by atoms with Crippen molar-refractivity contribution in [1.82, 2.24) is 30.1 Å². The summed E-state index contributed by atoms with van der Waals surface area (Å²) < 4.78 is 11.0. The molecule has 2 unspecified atom stereocenters. The van der Waals surface area contributed by atoms with Gasteiger partial charge in [-0.1, -0.05) is 5.16 Å². The summed E-state index contributed by atoms with van der Waals surface area (Å²) in [6, 6.07) is 0.559. The Labute approximate surface area is 147 Å². The van der Waals surface area contributed by atoms with Gasteiger partial charge in [0.15, 0.2) is 5.82 Å². The molecule has 2 aliphatic rings. The number of rotatable bonds is 6. The highest BCUT2D eigenvalue weighted by Crippen LogP contribution is 2.38. The average Bonchev–Trinajstić information content (AvgIpc) is 3.22. The maximum atomic E-state index is 5.60. The van der Waals surface area contributed by atoms with Gasteiger partial charge in [0.2, 0.25) is 17.7 Å². The van der Waals surface area contributed by atoms with Gasteiger partial charge in [0.1, 0.15) is 0 Å². The summed E-state index contributed by atoms with van der Waals surface area (Å²) >= 11 is 0. The van der Waals surface area contributed by atoms with Crippen LogP contribution in [0.2, 0.25) is 0 Å². The summed E-state index contributed by atoms with van der Waals surface area (Å²) in [6.45, 7) is 6.76. The van der Waals surface area contributed by atoms with Crippen molar-refractivity contribution in [3.05, 3.63) is 23.5 Å². The van der Waals surface area contributed by atoms with Gasteiger partial charge in [0.05, 0.1) is 12.6 Å². The predicted molar refractivity (Wildman–Crippen MR) is 89.8 cm³/mol. The summed E-state index contributed by atoms with van der Waals surface area (Å²) in [5.41, 5.74) is 0. The van der Waals surface area contributed by atoms with Crippen molar-refractivity contribution < 1.29 is 8.94 Å². The zero-order valence-electron chi connectivity index (χ0n) is 15.2. The third kappa shape index (κ3) is 3.74. The van der Waals surface area contributed by atoms with Gasteiger partial charge < -0.3 is 8.94 Å². The lowest BCUT2D eigenvalue weighted by Crippen LogP contribution is -2.47. The third-order valence-corrected chi connectivity index (χ3v) is 5.34. The molecule has 8 nitrogen and oxygen atoms in total. The van der Waals surface area contributed by atoms with Crippen molar-refractivity contribution in [2.24, 2.45) is 0 Å². The van der Waals surface area contributed by atoms with E-state index in [1.54, 1.807) is 0 Å². The Kier molecular flexibility index (Phi) is 4.56. The highest BCUT2D eigenvalue weighted by Gasteiger charge is 2.31. The van der Waals surface area contributed by atoms with Gasteiger partial charge in [0.25, 0.3) is 0 Å². The van der Waals surface area contributed by atoms with Crippen molar-refractivity contribution in [1.29, 1.82) is 0 Å². The van der Waals surface area contributed by atoms with Crippen LogP contribution in [-0.2, 0) is 6.54 Å². The van der Waals surface area contributed by atoms with Crippen molar-refractivity contribution in [3.63, 3.8) is 0 Å². The first-order valence-electron chi connectivity index (χ1n) is 9.17. The van der Waals surface area contributed by atoms with Crippen molar-refractivity contribution >= 4 is 0 Å². The van der Waals surface area contributed by atoms with E-state index in [-0.39, 0.29) is 6.04 Å². The topological polar surface area (TPSA) is 84.3 Å². The van der Waals surface area contributed by atoms with E-state index in [9.17, 15) is 0 Å².